The lowest BCUT2D eigenvalue weighted by Crippen LogP contribution is -2.49. The van der Waals surface area contributed by atoms with Crippen molar-refractivity contribution >= 4 is 11.9 Å². The summed E-state index contributed by atoms with van der Waals surface area (Å²) in [5.41, 5.74) is 0.331. The van der Waals surface area contributed by atoms with Crippen molar-refractivity contribution in [1.82, 2.24) is 10.2 Å². The molecule has 1 amide bonds. The van der Waals surface area contributed by atoms with Crippen molar-refractivity contribution in [2.24, 2.45) is 5.92 Å². The number of hydrogen-bond donors (Lipinski definition) is 1. The molecule has 1 aliphatic carbocycles. The fourth-order valence-corrected chi connectivity index (χ4v) is 3.44. The van der Waals surface area contributed by atoms with Gasteiger partial charge in [-0.15, -0.1) is 0 Å². The van der Waals surface area contributed by atoms with E-state index >= 15 is 0 Å². The van der Waals surface area contributed by atoms with E-state index in [0.29, 0.717) is 25.9 Å². The highest BCUT2D eigenvalue weighted by atomic mass is 16.5. The molecule has 1 atom stereocenters. The number of methoxy groups -OCH3 is 1. The molecule has 0 aliphatic heterocycles. The number of benzene rings is 1. The van der Waals surface area contributed by atoms with Crippen molar-refractivity contribution < 1.29 is 14.3 Å². The van der Waals surface area contributed by atoms with E-state index in [-0.39, 0.29) is 24.3 Å². The smallest absolute Gasteiger partial charge is 0.309 e. The molecule has 26 heavy (non-hydrogen) atoms. The van der Waals surface area contributed by atoms with Crippen LogP contribution in [0, 0.1) is 17.2 Å². The second-order valence-corrected chi connectivity index (χ2v) is 7.03. The minimum absolute atomic E-state index is 0.139. The van der Waals surface area contributed by atoms with Crippen LogP contribution >= 0.6 is 0 Å². The number of rotatable bonds is 8. The fraction of sp³-hybridized carbons (Fsp3) is 0.550. The Morgan fingerprint density at radius 3 is 2.54 bits per heavy atom. The van der Waals surface area contributed by atoms with Gasteiger partial charge in [0.1, 0.15) is 5.54 Å². The van der Waals surface area contributed by atoms with Gasteiger partial charge < -0.3 is 10.1 Å². The third-order valence-corrected chi connectivity index (χ3v) is 4.80. The summed E-state index contributed by atoms with van der Waals surface area (Å²) in [7, 11) is 1.36. The van der Waals surface area contributed by atoms with E-state index in [1.54, 1.807) is 6.92 Å². The molecular weight excluding hydrogens is 330 g/mol. The van der Waals surface area contributed by atoms with Gasteiger partial charge in [-0.05, 0) is 31.2 Å². The maximum absolute atomic E-state index is 12.6. The Balaban J connectivity index is 2.03. The lowest BCUT2D eigenvalue weighted by Gasteiger charge is -2.27. The van der Waals surface area contributed by atoms with Gasteiger partial charge in [0.05, 0.1) is 25.6 Å². The molecule has 0 spiro atoms. The second-order valence-electron chi connectivity index (χ2n) is 7.03. The molecule has 1 aliphatic rings. The molecule has 0 bridgehead atoms. The fourth-order valence-electron chi connectivity index (χ4n) is 3.44. The van der Waals surface area contributed by atoms with Crippen LogP contribution in [-0.4, -0.2) is 42.5 Å². The molecule has 6 nitrogen and oxygen atoms in total. The van der Waals surface area contributed by atoms with E-state index in [9.17, 15) is 14.9 Å². The van der Waals surface area contributed by atoms with Gasteiger partial charge in [-0.1, -0.05) is 37.3 Å². The zero-order valence-corrected chi connectivity index (χ0v) is 15.5. The molecule has 0 unspecified atom stereocenters. The number of amides is 1. The van der Waals surface area contributed by atoms with E-state index in [1.165, 1.54) is 7.11 Å². The van der Waals surface area contributed by atoms with Gasteiger partial charge in [0.25, 0.3) is 0 Å². The first-order valence-corrected chi connectivity index (χ1v) is 9.04. The number of ether oxygens (including phenoxy) is 1. The Morgan fingerprint density at radius 1 is 1.31 bits per heavy atom. The lowest BCUT2D eigenvalue weighted by atomic mass is 10.00. The third kappa shape index (κ3) is 5.57. The van der Waals surface area contributed by atoms with Crippen LogP contribution in [0.4, 0.5) is 0 Å². The van der Waals surface area contributed by atoms with Crippen LogP contribution in [0.2, 0.25) is 0 Å². The highest BCUT2D eigenvalue weighted by molar-refractivity contribution is 5.79. The summed E-state index contributed by atoms with van der Waals surface area (Å²) in [5, 5.41) is 12.4. The molecule has 140 valence electrons. The minimum atomic E-state index is -0.733. The van der Waals surface area contributed by atoms with E-state index in [0.717, 1.165) is 18.4 Å². The molecule has 1 saturated carbocycles. The van der Waals surface area contributed by atoms with E-state index in [4.69, 9.17) is 4.74 Å². The first-order chi connectivity index (χ1) is 12.5. The topological polar surface area (TPSA) is 82.4 Å². The molecule has 0 heterocycles. The van der Waals surface area contributed by atoms with Gasteiger partial charge in [0.2, 0.25) is 5.91 Å². The molecule has 0 saturated heterocycles. The molecular formula is C20H27N3O3. The molecule has 1 N–H and O–H groups in total. The number of carbonyl (C=O) groups excluding carboxylic acids is 2. The first-order valence-electron chi connectivity index (χ1n) is 9.04. The zero-order chi connectivity index (χ0) is 19.0. The third-order valence-electron chi connectivity index (χ3n) is 4.80. The maximum atomic E-state index is 12.6. The zero-order valence-electron chi connectivity index (χ0n) is 15.5. The van der Waals surface area contributed by atoms with Crippen LogP contribution in [0.25, 0.3) is 0 Å². The largest absolute Gasteiger partial charge is 0.469 e. The van der Waals surface area contributed by atoms with Gasteiger partial charge >= 0.3 is 5.97 Å². The van der Waals surface area contributed by atoms with Gasteiger partial charge in [-0.2, -0.15) is 5.26 Å². The van der Waals surface area contributed by atoms with Crippen LogP contribution in [0.3, 0.4) is 0 Å². The summed E-state index contributed by atoms with van der Waals surface area (Å²) >= 11 is 0. The Kier molecular flexibility index (Phi) is 7.16. The van der Waals surface area contributed by atoms with Crippen LogP contribution < -0.4 is 5.32 Å². The summed E-state index contributed by atoms with van der Waals surface area (Å²) in [6.45, 7) is 2.89. The molecule has 1 aromatic carbocycles. The highest BCUT2D eigenvalue weighted by Crippen LogP contribution is 2.28. The average Bonchev–Trinajstić information content (AvgIpc) is 3.10. The Morgan fingerprint density at radius 2 is 1.96 bits per heavy atom. The molecule has 1 fully saturated rings. The summed E-state index contributed by atoms with van der Waals surface area (Å²) in [6.07, 6.45) is 3.32. The summed E-state index contributed by atoms with van der Waals surface area (Å²) in [4.78, 5) is 26.3. The van der Waals surface area contributed by atoms with Crippen molar-refractivity contribution in [2.75, 3.05) is 20.2 Å². The second kappa shape index (κ2) is 9.35. The highest BCUT2D eigenvalue weighted by Gasteiger charge is 2.35. The lowest BCUT2D eigenvalue weighted by molar-refractivity contribution is -0.146. The quantitative estimate of drug-likeness (QED) is 0.722. The predicted molar refractivity (Wildman–Crippen MR) is 97.9 cm³/mol. The number of nitrogens with zero attached hydrogens (tertiary/aromatic N) is 2. The first kappa shape index (κ1) is 19.9. The van der Waals surface area contributed by atoms with Gasteiger partial charge in [-0.3, -0.25) is 14.5 Å². The minimum Gasteiger partial charge on any atom is -0.469 e. The normalized spacial score (nSPS) is 16.7. The maximum Gasteiger partial charge on any atom is 0.309 e. The van der Waals surface area contributed by atoms with Crippen molar-refractivity contribution in [3.63, 3.8) is 0 Å². The van der Waals surface area contributed by atoms with E-state index < -0.39 is 5.54 Å². The van der Waals surface area contributed by atoms with Crippen LogP contribution in [0.5, 0.6) is 0 Å². The van der Waals surface area contributed by atoms with Crippen LogP contribution in [0.1, 0.15) is 38.2 Å². The van der Waals surface area contributed by atoms with Gasteiger partial charge in [0.15, 0.2) is 0 Å². The Bertz CT molecular complexity index is 648. The molecule has 0 aromatic heterocycles. The van der Waals surface area contributed by atoms with E-state index in [2.05, 4.69) is 11.4 Å². The van der Waals surface area contributed by atoms with Crippen molar-refractivity contribution in [2.45, 2.75) is 44.7 Å². The monoisotopic (exact) mass is 357 g/mol. The Hall–Kier alpha value is -2.39. The van der Waals surface area contributed by atoms with Crippen molar-refractivity contribution in [3.05, 3.63) is 35.9 Å². The van der Waals surface area contributed by atoms with Crippen LogP contribution in [0.15, 0.2) is 30.3 Å². The molecule has 0 radical (unpaired) electrons. The van der Waals surface area contributed by atoms with E-state index in [1.807, 2.05) is 35.2 Å². The molecule has 2 rings (SSSR count). The number of nitrogens with one attached hydrogen (secondary N) is 1. The summed E-state index contributed by atoms with van der Waals surface area (Å²) < 4.78 is 4.80. The SMILES string of the molecule is COC(=O)[C@@H](C)CN(CC(=O)NC1(C#N)CCCC1)Cc1ccccc1. The summed E-state index contributed by atoms with van der Waals surface area (Å²) in [5.74, 6) is -0.817. The average molecular weight is 357 g/mol. The predicted octanol–water partition coefficient (Wildman–Crippen LogP) is 2.25. The van der Waals surface area contributed by atoms with Crippen LogP contribution in [-0.2, 0) is 20.9 Å². The number of hydrogen-bond acceptors (Lipinski definition) is 5. The van der Waals surface area contributed by atoms with Gasteiger partial charge in [0, 0.05) is 13.1 Å². The number of esters is 1. The van der Waals surface area contributed by atoms with Gasteiger partial charge in [-0.25, -0.2) is 0 Å². The summed E-state index contributed by atoms with van der Waals surface area (Å²) in [6, 6.07) is 12.1. The van der Waals surface area contributed by atoms with Crippen molar-refractivity contribution in [3.8, 4) is 6.07 Å². The standard InChI is InChI=1S/C20H27N3O3/c1-16(19(25)26-2)12-23(13-17-8-4-3-5-9-17)14-18(24)22-20(15-21)10-6-7-11-20/h3-5,8-9,16H,6-7,10-14H2,1-2H3,(H,22,24)/t16-/m0/s1. The Labute approximate surface area is 155 Å². The number of nitriles is 1. The number of carbonyl (C=O) groups is 2. The molecule has 6 heteroatoms. The van der Waals surface area contributed by atoms with Crippen molar-refractivity contribution in [1.29, 1.82) is 5.26 Å². The molecule has 1 aromatic rings.